The molecule has 2 aliphatic rings. The number of rotatable bonds is 3. The molecule has 7 nitrogen and oxygen atoms in total. The van der Waals surface area contributed by atoms with Crippen LogP contribution in [0, 0.1) is 0 Å². The van der Waals surface area contributed by atoms with E-state index in [0.29, 0.717) is 5.39 Å². The Morgan fingerprint density at radius 3 is 2.75 bits per heavy atom. The molecule has 0 N–H and O–H groups in total. The van der Waals surface area contributed by atoms with Crippen LogP contribution in [0.1, 0.15) is 30.2 Å². The smallest absolute Gasteiger partial charge is 0.260 e. The van der Waals surface area contributed by atoms with E-state index in [1.165, 1.54) is 23.1 Å². The van der Waals surface area contributed by atoms with Crippen molar-refractivity contribution in [1.29, 1.82) is 0 Å². The molecule has 0 amide bonds. The van der Waals surface area contributed by atoms with E-state index in [1.807, 2.05) is 18.2 Å². The van der Waals surface area contributed by atoms with Crippen LogP contribution in [0.2, 0.25) is 0 Å². The van der Waals surface area contributed by atoms with Gasteiger partial charge in [-0.15, -0.1) is 0 Å². The van der Waals surface area contributed by atoms with Gasteiger partial charge >= 0.3 is 0 Å². The van der Waals surface area contributed by atoms with Crippen LogP contribution in [0.5, 0.6) is 0 Å². The van der Waals surface area contributed by atoms with E-state index in [2.05, 4.69) is 14.8 Å². The molecule has 0 atom stereocenters. The molecule has 3 aromatic rings. The van der Waals surface area contributed by atoms with Crippen LogP contribution in [-0.4, -0.2) is 45.6 Å². The maximum atomic E-state index is 12.2. The van der Waals surface area contributed by atoms with Gasteiger partial charge in [0.1, 0.15) is 5.76 Å². The number of oxazole rings is 1. The van der Waals surface area contributed by atoms with Crippen LogP contribution in [0.4, 0.5) is 5.69 Å². The summed E-state index contributed by atoms with van der Waals surface area (Å²) in [5.74, 6) is 1.97. The number of benzene rings is 1. The fraction of sp³-hybridized carbons (Fsp3) is 0.476. The lowest BCUT2D eigenvalue weighted by Crippen LogP contribution is -2.46. The molecule has 1 saturated heterocycles. The van der Waals surface area contributed by atoms with Crippen LogP contribution >= 0.6 is 0 Å². The van der Waals surface area contributed by atoms with Gasteiger partial charge in [-0.05, 0) is 37.5 Å². The topological polar surface area (TPSA) is 67.4 Å². The maximum absolute atomic E-state index is 12.2. The Morgan fingerprint density at radius 1 is 1.11 bits per heavy atom. The number of hydrogen-bond acceptors (Lipinski definition) is 6. The number of hydrogen-bond donors (Lipinski definition) is 0. The minimum absolute atomic E-state index is 0.00462. The first-order valence-electron chi connectivity index (χ1n) is 10.1. The number of nitrogens with zero attached hydrogens (tertiary/aromatic N) is 5. The molecule has 0 unspecified atom stereocenters. The van der Waals surface area contributed by atoms with Gasteiger partial charge in [0, 0.05) is 45.3 Å². The second-order valence-corrected chi connectivity index (χ2v) is 7.81. The normalized spacial score (nSPS) is 17.8. The summed E-state index contributed by atoms with van der Waals surface area (Å²) in [6, 6.07) is 5.95. The number of piperazine rings is 1. The summed E-state index contributed by atoms with van der Waals surface area (Å²) in [5.41, 5.74) is 3.05. The van der Waals surface area contributed by atoms with E-state index in [1.54, 1.807) is 13.4 Å². The van der Waals surface area contributed by atoms with Crippen molar-refractivity contribution >= 4 is 16.6 Å². The Bertz CT molecular complexity index is 1040. The molecule has 0 spiro atoms. The van der Waals surface area contributed by atoms with Crippen molar-refractivity contribution in [1.82, 2.24) is 19.4 Å². The minimum atomic E-state index is -0.00462. The highest BCUT2D eigenvalue weighted by Crippen LogP contribution is 2.24. The second kappa shape index (κ2) is 7.05. The molecule has 2 aromatic heterocycles. The average Bonchev–Trinajstić information content (AvgIpc) is 3.13. The summed E-state index contributed by atoms with van der Waals surface area (Å²) in [6.07, 6.45) is 6.13. The minimum Gasteiger partial charge on any atom is -0.444 e. The zero-order valence-electron chi connectivity index (χ0n) is 16.2. The van der Waals surface area contributed by atoms with Gasteiger partial charge in [-0.3, -0.25) is 9.69 Å². The third kappa shape index (κ3) is 3.20. The maximum Gasteiger partial charge on any atom is 0.260 e. The van der Waals surface area contributed by atoms with E-state index < -0.39 is 0 Å². The Balaban J connectivity index is 1.25. The number of anilines is 1. The number of aromatic nitrogens is 3. The van der Waals surface area contributed by atoms with Gasteiger partial charge in [-0.1, -0.05) is 0 Å². The monoisotopic (exact) mass is 379 g/mol. The summed E-state index contributed by atoms with van der Waals surface area (Å²) < 4.78 is 7.50. The third-order valence-corrected chi connectivity index (χ3v) is 5.89. The lowest BCUT2D eigenvalue weighted by molar-refractivity contribution is 0.224. The lowest BCUT2D eigenvalue weighted by atomic mass is 10.0. The summed E-state index contributed by atoms with van der Waals surface area (Å²) >= 11 is 0. The Labute approximate surface area is 163 Å². The van der Waals surface area contributed by atoms with Crippen LogP contribution in [0.3, 0.4) is 0 Å². The van der Waals surface area contributed by atoms with Crippen molar-refractivity contribution in [3.63, 3.8) is 0 Å². The molecule has 5 rings (SSSR count). The van der Waals surface area contributed by atoms with Crippen LogP contribution in [-0.2, 0) is 26.4 Å². The molecule has 1 aliphatic carbocycles. The Morgan fingerprint density at radius 2 is 1.93 bits per heavy atom. The summed E-state index contributed by atoms with van der Waals surface area (Å²) in [4.78, 5) is 26.1. The molecule has 0 radical (unpaired) electrons. The van der Waals surface area contributed by atoms with Gasteiger partial charge in [0.2, 0.25) is 5.89 Å². The highest BCUT2D eigenvalue weighted by molar-refractivity contribution is 5.81. The highest BCUT2D eigenvalue weighted by Gasteiger charge is 2.22. The van der Waals surface area contributed by atoms with Crippen LogP contribution in [0.25, 0.3) is 10.9 Å². The van der Waals surface area contributed by atoms with Gasteiger partial charge in [-0.2, -0.15) is 0 Å². The van der Waals surface area contributed by atoms with Crippen LogP contribution in [0.15, 0.2) is 33.7 Å². The molecule has 28 heavy (non-hydrogen) atoms. The quantitative estimate of drug-likeness (QED) is 0.694. The fourth-order valence-corrected chi connectivity index (χ4v) is 4.22. The summed E-state index contributed by atoms with van der Waals surface area (Å²) in [7, 11) is 1.73. The van der Waals surface area contributed by atoms with E-state index >= 15 is 0 Å². The van der Waals surface area contributed by atoms with E-state index in [0.717, 1.165) is 68.4 Å². The van der Waals surface area contributed by atoms with Crippen molar-refractivity contribution < 1.29 is 4.42 Å². The molecule has 0 saturated carbocycles. The third-order valence-electron chi connectivity index (χ3n) is 5.89. The van der Waals surface area contributed by atoms with Crippen LogP contribution < -0.4 is 10.5 Å². The SMILES string of the molecule is Cn1cnc2cc(N3CCN(Cc4nc5c(o4)CCCC5)CC3)ccc2c1=O. The van der Waals surface area contributed by atoms with E-state index in [4.69, 9.17) is 9.40 Å². The fourth-order valence-electron chi connectivity index (χ4n) is 4.22. The zero-order valence-corrected chi connectivity index (χ0v) is 16.2. The first kappa shape index (κ1) is 17.4. The lowest BCUT2D eigenvalue weighted by Gasteiger charge is -2.35. The molecule has 1 fully saturated rings. The van der Waals surface area contributed by atoms with Crippen molar-refractivity contribution in [3.05, 3.63) is 52.2 Å². The van der Waals surface area contributed by atoms with Gasteiger partial charge in [0.25, 0.3) is 5.56 Å². The van der Waals surface area contributed by atoms with E-state index in [-0.39, 0.29) is 5.56 Å². The zero-order chi connectivity index (χ0) is 19.1. The van der Waals surface area contributed by atoms with Crippen molar-refractivity contribution in [3.8, 4) is 0 Å². The van der Waals surface area contributed by atoms with Crippen molar-refractivity contribution in [2.45, 2.75) is 32.2 Å². The molecule has 1 aliphatic heterocycles. The van der Waals surface area contributed by atoms with Crippen molar-refractivity contribution in [2.75, 3.05) is 31.1 Å². The predicted molar refractivity (Wildman–Crippen MR) is 108 cm³/mol. The molecule has 3 heterocycles. The molecule has 7 heteroatoms. The molecule has 0 bridgehead atoms. The molecular weight excluding hydrogens is 354 g/mol. The summed E-state index contributed by atoms with van der Waals surface area (Å²) in [5, 5.41) is 0.667. The Kier molecular flexibility index (Phi) is 4.39. The van der Waals surface area contributed by atoms with Gasteiger partial charge in [0.15, 0.2) is 0 Å². The first-order valence-corrected chi connectivity index (χ1v) is 10.1. The highest BCUT2D eigenvalue weighted by atomic mass is 16.4. The number of fused-ring (bicyclic) bond motifs is 2. The van der Waals surface area contributed by atoms with Crippen molar-refractivity contribution in [2.24, 2.45) is 7.05 Å². The van der Waals surface area contributed by atoms with E-state index in [9.17, 15) is 4.79 Å². The summed E-state index contributed by atoms with van der Waals surface area (Å²) in [6.45, 7) is 4.60. The second-order valence-electron chi connectivity index (χ2n) is 7.81. The first-order chi connectivity index (χ1) is 13.7. The Hall–Kier alpha value is -2.67. The number of aryl methyl sites for hydroxylation is 3. The van der Waals surface area contributed by atoms with Gasteiger partial charge in [-0.25, -0.2) is 9.97 Å². The molecular formula is C21H25N5O2. The van der Waals surface area contributed by atoms with Gasteiger partial charge < -0.3 is 13.9 Å². The molecule has 1 aromatic carbocycles. The standard InChI is InChI=1S/C21H25N5O2/c1-24-14-22-18-12-15(6-7-16(18)21(24)27)26-10-8-25(9-11-26)13-20-23-17-4-2-3-5-19(17)28-20/h6-7,12,14H,2-5,8-11,13H2,1H3. The average molecular weight is 379 g/mol. The molecule has 146 valence electrons. The van der Waals surface area contributed by atoms with Gasteiger partial charge in [0.05, 0.1) is 29.5 Å². The largest absolute Gasteiger partial charge is 0.444 e. The predicted octanol–water partition coefficient (Wildman–Crippen LogP) is 2.12.